The van der Waals surface area contributed by atoms with E-state index in [9.17, 15) is 4.79 Å². The summed E-state index contributed by atoms with van der Waals surface area (Å²) in [5.74, 6) is 0. The van der Waals surface area contributed by atoms with Crippen molar-refractivity contribution in [1.29, 1.82) is 0 Å². The molecular weight excluding hydrogens is 238 g/mol. The first-order valence-corrected chi connectivity index (χ1v) is 6.90. The van der Waals surface area contributed by atoms with E-state index in [0.717, 1.165) is 24.3 Å². The molecule has 0 fully saturated rings. The molecule has 0 saturated heterocycles. The van der Waals surface area contributed by atoms with Crippen LogP contribution in [0, 0.1) is 0 Å². The van der Waals surface area contributed by atoms with Crippen molar-refractivity contribution in [3.63, 3.8) is 0 Å². The quantitative estimate of drug-likeness (QED) is 0.830. The van der Waals surface area contributed by atoms with Crippen molar-refractivity contribution in [2.24, 2.45) is 0 Å². The minimum Gasteiger partial charge on any atom is -0.398 e. The normalized spacial score (nSPS) is 10.6. The number of para-hydroxylation sites is 1. The molecule has 2 amide bonds. The predicted octanol–water partition coefficient (Wildman–Crippen LogP) is 2.94. The Morgan fingerprint density at radius 2 is 1.79 bits per heavy atom. The SMILES string of the molecule is CCN(CC)C(=O)N(Cc1ccccc1N)C(C)C. The van der Waals surface area contributed by atoms with Gasteiger partial charge in [-0.1, -0.05) is 18.2 Å². The Bertz CT molecular complexity index is 414. The van der Waals surface area contributed by atoms with E-state index in [2.05, 4.69) is 0 Å². The number of nitrogens with zero attached hydrogens (tertiary/aromatic N) is 2. The molecule has 19 heavy (non-hydrogen) atoms. The van der Waals surface area contributed by atoms with Gasteiger partial charge in [-0.3, -0.25) is 0 Å². The van der Waals surface area contributed by atoms with Crippen LogP contribution in [0.3, 0.4) is 0 Å². The molecule has 0 aliphatic heterocycles. The minimum absolute atomic E-state index is 0.0725. The lowest BCUT2D eigenvalue weighted by atomic mass is 10.1. The van der Waals surface area contributed by atoms with Crippen LogP contribution in [0.1, 0.15) is 33.3 Å². The van der Waals surface area contributed by atoms with Crippen LogP contribution >= 0.6 is 0 Å². The van der Waals surface area contributed by atoms with Gasteiger partial charge in [0, 0.05) is 31.4 Å². The third-order valence-corrected chi connectivity index (χ3v) is 3.30. The second kappa shape index (κ2) is 7.02. The monoisotopic (exact) mass is 263 g/mol. The van der Waals surface area contributed by atoms with Gasteiger partial charge in [-0.2, -0.15) is 0 Å². The second-order valence-electron chi connectivity index (χ2n) is 4.88. The fourth-order valence-electron chi connectivity index (χ4n) is 2.01. The van der Waals surface area contributed by atoms with Crippen molar-refractivity contribution in [1.82, 2.24) is 9.80 Å². The van der Waals surface area contributed by atoms with Gasteiger partial charge < -0.3 is 15.5 Å². The predicted molar refractivity (Wildman–Crippen MR) is 79.9 cm³/mol. The van der Waals surface area contributed by atoms with Crippen LogP contribution in [0.25, 0.3) is 0 Å². The summed E-state index contributed by atoms with van der Waals surface area (Å²) in [5, 5.41) is 0. The van der Waals surface area contributed by atoms with Gasteiger partial charge in [-0.05, 0) is 39.3 Å². The Hall–Kier alpha value is -1.71. The smallest absolute Gasteiger partial charge is 0.320 e. The summed E-state index contributed by atoms with van der Waals surface area (Å²) < 4.78 is 0. The van der Waals surface area contributed by atoms with Crippen molar-refractivity contribution in [2.75, 3.05) is 18.8 Å². The number of nitrogens with two attached hydrogens (primary N) is 1. The molecule has 0 aliphatic rings. The molecule has 0 spiro atoms. The van der Waals surface area contributed by atoms with E-state index < -0.39 is 0 Å². The zero-order valence-electron chi connectivity index (χ0n) is 12.4. The highest BCUT2D eigenvalue weighted by Crippen LogP contribution is 2.16. The van der Waals surface area contributed by atoms with Gasteiger partial charge in [0.25, 0.3) is 0 Å². The Morgan fingerprint density at radius 1 is 1.21 bits per heavy atom. The van der Waals surface area contributed by atoms with Crippen molar-refractivity contribution >= 4 is 11.7 Å². The molecule has 0 bridgehead atoms. The van der Waals surface area contributed by atoms with E-state index in [1.54, 1.807) is 0 Å². The number of urea groups is 1. The number of amides is 2. The summed E-state index contributed by atoms with van der Waals surface area (Å²) in [4.78, 5) is 16.2. The molecule has 2 N–H and O–H groups in total. The van der Waals surface area contributed by atoms with E-state index in [-0.39, 0.29) is 12.1 Å². The Morgan fingerprint density at radius 3 is 2.26 bits per heavy atom. The molecule has 0 radical (unpaired) electrons. The van der Waals surface area contributed by atoms with Crippen LogP contribution in [0.2, 0.25) is 0 Å². The number of carbonyl (C=O) groups is 1. The topological polar surface area (TPSA) is 49.6 Å². The summed E-state index contributed by atoms with van der Waals surface area (Å²) in [6.07, 6.45) is 0. The molecule has 4 nitrogen and oxygen atoms in total. The first kappa shape index (κ1) is 15.3. The minimum atomic E-state index is 0.0725. The molecule has 0 aliphatic carbocycles. The zero-order chi connectivity index (χ0) is 14.4. The molecule has 0 aromatic heterocycles. The maximum atomic E-state index is 12.5. The van der Waals surface area contributed by atoms with Crippen LogP contribution in [0.5, 0.6) is 0 Å². The fourth-order valence-corrected chi connectivity index (χ4v) is 2.01. The summed E-state index contributed by atoms with van der Waals surface area (Å²) in [6, 6.07) is 7.92. The van der Waals surface area contributed by atoms with Crippen LogP contribution in [-0.2, 0) is 6.54 Å². The highest BCUT2D eigenvalue weighted by Gasteiger charge is 2.21. The van der Waals surface area contributed by atoms with Crippen molar-refractivity contribution in [3.8, 4) is 0 Å². The lowest BCUT2D eigenvalue weighted by molar-refractivity contribution is 0.141. The maximum absolute atomic E-state index is 12.5. The van der Waals surface area contributed by atoms with Crippen molar-refractivity contribution < 1.29 is 4.79 Å². The molecule has 4 heteroatoms. The van der Waals surface area contributed by atoms with E-state index in [1.165, 1.54) is 0 Å². The number of rotatable bonds is 5. The molecule has 1 aromatic rings. The molecule has 0 saturated carbocycles. The molecule has 106 valence electrons. The summed E-state index contributed by atoms with van der Waals surface area (Å²) in [5.41, 5.74) is 7.69. The van der Waals surface area contributed by atoms with E-state index in [4.69, 9.17) is 5.73 Å². The maximum Gasteiger partial charge on any atom is 0.320 e. The number of nitrogen functional groups attached to an aromatic ring is 1. The van der Waals surface area contributed by atoms with Gasteiger partial charge in [0.05, 0.1) is 0 Å². The standard InChI is InChI=1S/C15H25N3O/c1-5-17(6-2)15(19)18(12(3)4)11-13-9-7-8-10-14(13)16/h7-10,12H,5-6,11,16H2,1-4H3. The third-order valence-electron chi connectivity index (χ3n) is 3.30. The molecule has 1 aromatic carbocycles. The van der Waals surface area contributed by atoms with Gasteiger partial charge in [0.2, 0.25) is 0 Å². The van der Waals surface area contributed by atoms with Crippen LogP contribution < -0.4 is 5.73 Å². The lowest BCUT2D eigenvalue weighted by Crippen LogP contribution is -2.45. The number of anilines is 1. The zero-order valence-corrected chi connectivity index (χ0v) is 12.4. The lowest BCUT2D eigenvalue weighted by Gasteiger charge is -2.32. The van der Waals surface area contributed by atoms with Gasteiger partial charge in [0.1, 0.15) is 0 Å². The third kappa shape index (κ3) is 3.88. The van der Waals surface area contributed by atoms with Crippen molar-refractivity contribution in [3.05, 3.63) is 29.8 Å². The summed E-state index contributed by atoms with van der Waals surface area (Å²) in [7, 11) is 0. The van der Waals surface area contributed by atoms with Gasteiger partial charge in [-0.25, -0.2) is 4.79 Å². The first-order chi connectivity index (χ1) is 9.01. The number of carbonyl (C=O) groups excluding carboxylic acids is 1. The van der Waals surface area contributed by atoms with Crippen LogP contribution in [0.4, 0.5) is 10.5 Å². The van der Waals surface area contributed by atoms with Gasteiger partial charge in [0.15, 0.2) is 0 Å². The largest absolute Gasteiger partial charge is 0.398 e. The molecule has 0 atom stereocenters. The Kier molecular flexibility index (Phi) is 5.67. The van der Waals surface area contributed by atoms with Gasteiger partial charge >= 0.3 is 6.03 Å². The Balaban J connectivity index is 2.90. The second-order valence-corrected chi connectivity index (χ2v) is 4.88. The summed E-state index contributed by atoms with van der Waals surface area (Å²) >= 11 is 0. The highest BCUT2D eigenvalue weighted by molar-refractivity contribution is 5.75. The first-order valence-electron chi connectivity index (χ1n) is 6.90. The molecule has 0 heterocycles. The van der Waals surface area contributed by atoms with E-state index in [1.807, 2.05) is 61.8 Å². The Labute approximate surface area is 116 Å². The molecule has 1 rings (SSSR count). The van der Waals surface area contributed by atoms with Crippen molar-refractivity contribution in [2.45, 2.75) is 40.3 Å². The average Bonchev–Trinajstić information content (AvgIpc) is 2.38. The fraction of sp³-hybridized carbons (Fsp3) is 0.533. The van der Waals surface area contributed by atoms with Gasteiger partial charge in [-0.15, -0.1) is 0 Å². The molecule has 0 unspecified atom stereocenters. The number of hydrogen-bond donors (Lipinski definition) is 1. The van der Waals surface area contributed by atoms with E-state index >= 15 is 0 Å². The van der Waals surface area contributed by atoms with Crippen LogP contribution in [0.15, 0.2) is 24.3 Å². The highest BCUT2D eigenvalue weighted by atomic mass is 16.2. The number of benzene rings is 1. The molecular formula is C15H25N3O. The number of hydrogen-bond acceptors (Lipinski definition) is 2. The average molecular weight is 263 g/mol. The van der Waals surface area contributed by atoms with E-state index in [0.29, 0.717) is 6.54 Å². The summed E-state index contributed by atoms with van der Waals surface area (Å²) in [6.45, 7) is 10.1. The van der Waals surface area contributed by atoms with Crippen LogP contribution in [-0.4, -0.2) is 35.0 Å².